The molecule has 0 fully saturated rings. The second-order valence-electron chi connectivity index (χ2n) is 5.95. The molecule has 0 radical (unpaired) electrons. The Labute approximate surface area is 148 Å². The fourth-order valence-corrected chi connectivity index (χ4v) is 3.47. The van der Waals surface area contributed by atoms with Gasteiger partial charge in [-0.25, -0.2) is 4.98 Å². The van der Waals surface area contributed by atoms with Crippen molar-refractivity contribution >= 4 is 34.2 Å². The van der Waals surface area contributed by atoms with E-state index in [0.29, 0.717) is 10.7 Å². The maximum Gasteiger partial charge on any atom is 0.263 e. The summed E-state index contributed by atoms with van der Waals surface area (Å²) in [6.07, 6.45) is 2.51. The van der Waals surface area contributed by atoms with Crippen LogP contribution in [0, 0.1) is 0 Å². The first-order valence-electron chi connectivity index (χ1n) is 8.03. The summed E-state index contributed by atoms with van der Waals surface area (Å²) < 4.78 is 5.46. The predicted molar refractivity (Wildman–Crippen MR) is 97.2 cm³/mol. The Morgan fingerprint density at radius 2 is 1.84 bits per heavy atom. The van der Waals surface area contributed by atoms with Gasteiger partial charge in [0, 0.05) is 22.8 Å². The van der Waals surface area contributed by atoms with Crippen molar-refractivity contribution in [2.45, 2.75) is 6.42 Å². The molecule has 0 unspecified atom stereocenters. The molecule has 0 N–H and O–H groups in total. The lowest BCUT2D eigenvalue weighted by Gasteiger charge is -2.18. The van der Waals surface area contributed by atoms with E-state index in [1.165, 1.54) is 17.6 Å². The zero-order chi connectivity index (χ0) is 16.8. The number of anilines is 2. The van der Waals surface area contributed by atoms with Gasteiger partial charge in [-0.1, -0.05) is 47.1 Å². The Morgan fingerprint density at radius 3 is 2.72 bits per heavy atom. The molecule has 2 aromatic carbocycles. The van der Waals surface area contributed by atoms with Crippen molar-refractivity contribution in [1.29, 1.82) is 0 Å². The number of fused-ring (bicyclic) bond motifs is 2. The molecular weight excluding hydrogens is 336 g/mol. The van der Waals surface area contributed by atoms with Gasteiger partial charge in [-0.05, 0) is 30.2 Å². The van der Waals surface area contributed by atoms with E-state index < -0.39 is 0 Å². The first kappa shape index (κ1) is 14.4. The monoisotopic (exact) mass is 348 g/mol. The van der Waals surface area contributed by atoms with E-state index in [2.05, 4.69) is 38.2 Å². The number of rotatable bonds is 2. The van der Waals surface area contributed by atoms with Crippen LogP contribution < -0.4 is 4.90 Å². The molecule has 4 aromatic rings. The second-order valence-corrected chi connectivity index (χ2v) is 6.38. The molecule has 0 saturated carbocycles. The van der Waals surface area contributed by atoms with Crippen molar-refractivity contribution in [3.8, 4) is 11.3 Å². The fourth-order valence-electron chi connectivity index (χ4n) is 3.34. The number of nitrogens with zero attached hydrogens (tertiary/aromatic N) is 4. The van der Waals surface area contributed by atoms with Crippen molar-refractivity contribution in [3.63, 3.8) is 0 Å². The largest absolute Gasteiger partial charge is 0.335 e. The molecule has 0 aliphatic carbocycles. The van der Waals surface area contributed by atoms with E-state index in [0.717, 1.165) is 35.4 Å². The fraction of sp³-hybridized carbons (Fsp3) is 0.105. The molecule has 3 heterocycles. The molecule has 1 aliphatic rings. The third-order valence-electron chi connectivity index (χ3n) is 4.51. The highest BCUT2D eigenvalue weighted by atomic mass is 35.5. The Hall–Kier alpha value is -2.92. The van der Waals surface area contributed by atoms with Crippen molar-refractivity contribution in [1.82, 2.24) is 15.1 Å². The van der Waals surface area contributed by atoms with Crippen LogP contribution >= 0.6 is 11.6 Å². The molecule has 6 heteroatoms. The molecular formula is C19H13ClN4O. The van der Waals surface area contributed by atoms with Crippen LogP contribution in [0.1, 0.15) is 5.56 Å². The topological polar surface area (TPSA) is 55.1 Å². The minimum absolute atomic E-state index is 0.485. The first-order valence-corrected chi connectivity index (χ1v) is 8.41. The molecule has 1 aliphatic heterocycles. The highest BCUT2D eigenvalue weighted by Gasteiger charge is 2.26. The lowest BCUT2D eigenvalue weighted by atomic mass is 10.1. The zero-order valence-electron chi connectivity index (χ0n) is 13.2. The second kappa shape index (κ2) is 5.57. The van der Waals surface area contributed by atoms with Gasteiger partial charge in [-0.3, -0.25) is 0 Å². The summed E-state index contributed by atoms with van der Waals surface area (Å²) in [4.78, 5) is 11.0. The van der Waals surface area contributed by atoms with E-state index in [-0.39, 0.29) is 0 Å². The Bertz CT molecular complexity index is 1070. The highest BCUT2D eigenvalue weighted by Crippen LogP contribution is 2.39. The van der Waals surface area contributed by atoms with Crippen molar-refractivity contribution in [2.75, 3.05) is 11.4 Å². The van der Waals surface area contributed by atoms with Crippen LogP contribution in [0.2, 0.25) is 5.02 Å². The van der Waals surface area contributed by atoms with Crippen molar-refractivity contribution in [3.05, 3.63) is 65.4 Å². The van der Waals surface area contributed by atoms with E-state index in [4.69, 9.17) is 16.1 Å². The van der Waals surface area contributed by atoms with Crippen LogP contribution in [0.4, 0.5) is 11.5 Å². The Kier molecular flexibility index (Phi) is 3.21. The SMILES string of the molecule is Clc1ccc(-c2noc3ncnc(N4CCc5ccccc54)c23)cc1. The van der Waals surface area contributed by atoms with Crippen LogP contribution in [0.15, 0.2) is 59.4 Å². The minimum Gasteiger partial charge on any atom is -0.335 e. The number of hydrogen-bond acceptors (Lipinski definition) is 5. The van der Waals surface area contributed by atoms with Gasteiger partial charge in [0.05, 0.1) is 0 Å². The van der Waals surface area contributed by atoms with Crippen LogP contribution in [0.5, 0.6) is 0 Å². The van der Waals surface area contributed by atoms with Gasteiger partial charge in [0.2, 0.25) is 0 Å². The predicted octanol–water partition coefficient (Wildman–Crippen LogP) is 4.63. The lowest BCUT2D eigenvalue weighted by Crippen LogP contribution is -2.15. The summed E-state index contributed by atoms with van der Waals surface area (Å²) in [5.41, 5.74) is 4.63. The number of benzene rings is 2. The maximum atomic E-state index is 6.01. The molecule has 0 amide bonds. The summed E-state index contributed by atoms with van der Waals surface area (Å²) >= 11 is 6.01. The minimum atomic E-state index is 0.485. The van der Waals surface area contributed by atoms with Crippen molar-refractivity contribution in [2.24, 2.45) is 0 Å². The lowest BCUT2D eigenvalue weighted by molar-refractivity contribution is 0.451. The van der Waals surface area contributed by atoms with Crippen LogP contribution in [-0.4, -0.2) is 21.7 Å². The Morgan fingerprint density at radius 1 is 1.00 bits per heavy atom. The highest BCUT2D eigenvalue weighted by molar-refractivity contribution is 6.30. The molecule has 5 nitrogen and oxygen atoms in total. The van der Waals surface area contributed by atoms with Crippen molar-refractivity contribution < 1.29 is 4.52 Å². The average molecular weight is 349 g/mol. The molecule has 0 atom stereocenters. The van der Waals surface area contributed by atoms with Crippen LogP contribution in [-0.2, 0) is 6.42 Å². The molecule has 0 saturated heterocycles. The van der Waals surface area contributed by atoms with Gasteiger partial charge in [0.25, 0.3) is 5.71 Å². The summed E-state index contributed by atoms with van der Waals surface area (Å²) in [7, 11) is 0. The average Bonchev–Trinajstić information content (AvgIpc) is 3.26. The van der Waals surface area contributed by atoms with E-state index >= 15 is 0 Å². The first-order chi connectivity index (χ1) is 12.3. The van der Waals surface area contributed by atoms with Gasteiger partial charge in [-0.2, -0.15) is 4.98 Å². The number of hydrogen-bond donors (Lipinski definition) is 0. The van der Waals surface area contributed by atoms with Gasteiger partial charge in [-0.15, -0.1) is 0 Å². The van der Waals surface area contributed by atoms with Gasteiger partial charge in [0.1, 0.15) is 23.2 Å². The van der Waals surface area contributed by atoms with E-state index in [9.17, 15) is 0 Å². The molecule has 0 spiro atoms. The third-order valence-corrected chi connectivity index (χ3v) is 4.77. The normalized spacial score (nSPS) is 13.4. The standard InChI is InChI=1S/C19H13ClN4O/c20-14-7-5-13(6-8-14)17-16-18(21-11-22-19(16)25-23-17)24-10-9-12-3-1-2-4-15(12)24/h1-8,11H,9-10H2. The van der Waals surface area contributed by atoms with E-state index in [1.54, 1.807) is 0 Å². The van der Waals surface area contributed by atoms with Gasteiger partial charge >= 0.3 is 0 Å². The molecule has 5 rings (SSSR count). The smallest absolute Gasteiger partial charge is 0.263 e. The molecule has 122 valence electrons. The summed E-state index contributed by atoms with van der Waals surface area (Å²) in [6, 6.07) is 15.9. The summed E-state index contributed by atoms with van der Waals surface area (Å²) in [5, 5.41) is 5.74. The quantitative estimate of drug-likeness (QED) is 0.528. The van der Waals surface area contributed by atoms with E-state index in [1.807, 2.05) is 30.3 Å². The Balaban J connectivity index is 1.72. The summed E-state index contributed by atoms with van der Waals surface area (Å²) in [5.74, 6) is 0.821. The zero-order valence-corrected chi connectivity index (χ0v) is 13.9. The van der Waals surface area contributed by atoms with Crippen LogP contribution in [0.3, 0.4) is 0 Å². The number of aromatic nitrogens is 3. The third kappa shape index (κ3) is 2.27. The molecule has 2 aromatic heterocycles. The number of halogens is 1. The van der Waals surface area contributed by atoms with Gasteiger partial charge in [0.15, 0.2) is 0 Å². The number of para-hydroxylation sites is 1. The maximum absolute atomic E-state index is 6.01. The van der Waals surface area contributed by atoms with Crippen LogP contribution in [0.25, 0.3) is 22.4 Å². The molecule has 25 heavy (non-hydrogen) atoms. The molecule has 0 bridgehead atoms. The van der Waals surface area contributed by atoms with Gasteiger partial charge < -0.3 is 9.42 Å². The summed E-state index contributed by atoms with van der Waals surface area (Å²) in [6.45, 7) is 0.872.